The van der Waals surface area contributed by atoms with E-state index in [1.165, 1.54) is 6.07 Å². The quantitative estimate of drug-likeness (QED) is 0.425. The zero-order chi connectivity index (χ0) is 25.0. The van der Waals surface area contributed by atoms with E-state index in [-0.39, 0.29) is 23.6 Å². The first-order chi connectivity index (χ1) is 16.7. The van der Waals surface area contributed by atoms with Crippen molar-refractivity contribution in [1.82, 2.24) is 5.32 Å². The third kappa shape index (κ3) is 6.17. The van der Waals surface area contributed by atoms with Gasteiger partial charge in [0.05, 0.1) is 23.1 Å². The topological polar surface area (TPSA) is 104 Å². The lowest BCUT2D eigenvalue weighted by atomic mass is 9.90. The minimum absolute atomic E-state index is 0.122. The Balaban J connectivity index is 1.53. The van der Waals surface area contributed by atoms with Gasteiger partial charge in [0.25, 0.3) is 0 Å². The molecule has 0 saturated carbocycles. The number of hydrogen-bond acceptors (Lipinski definition) is 5. The van der Waals surface area contributed by atoms with Crippen LogP contribution in [0.3, 0.4) is 0 Å². The fraction of sp³-hybridized carbons (Fsp3) is 0.321. The summed E-state index contributed by atoms with van der Waals surface area (Å²) in [5.74, 6) is -0.803. The summed E-state index contributed by atoms with van der Waals surface area (Å²) < 4.78 is 24.3. The SMILES string of the molecule is CS(=O)(=O)c1ccccc1C[C@@H](O)C[C@@H](Cc1ccccc1)C(=O)N[C@H]1c2ccccc2C[C@H]1O. The standard InChI is InChI=1S/C28H31NO5S/c1-35(33,34)26-14-8-6-12-21(26)16-23(30)17-22(15-19-9-3-2-4-10-19)28(32)29-27-24-13-7-5-11-20(24)18-25(27)31/h2-14,22-23,25,27,30-31H,15-18H2,1H3,(H,29,32)/t22-,23-,25-,27+/m1/s1. The summed E-state index contributed by atoms with van der Waals surface area (Å²) >= 11 is 0. The molecule has 0 aromatic heterocycles. The van der Waals surface area contributed by atoms with Crippen LogP contribution in [0.2, 0.25) is 0 Å². The Morgan fingerprint density at radius 1 is 0.971 bits per heavy atom. The second kappa shape index (κ2) is 10.7. The van der Waals surface area contributed by atoms with Crippen LogP contribution in [0.5, 0.6) is 0 Å². The van der Waals surface area contributed by atoms with Crippen LogP contribution in [0.15, 0.2) is 83.8 Å². The molecule has 3 aromatic rings. The smallest absolute Gasteiger partial charge is 0.224 e. The van der Waals surface area contributed by atoms with Crippen LogP contribution >= 0.6 is 0 Å². The van der Waals surface area contributed by atoms with E-state index in [0.717, 1.165) is 22.9 Å². The maximum Gasteiger partial charge on any atom is 0.224 e. The molecule has 0 heterocycles. The van der Waals surface area contributed by atoms with Crippen LogP contribution in [0.4, 0.5) is 0 Å². The van der Waals surface area contributed by atoms with Gasteiger partial charge in [-0.1, -0.05) is 72.8 Å². The molecule has 184 valence electrons. The fourth-order valence-electron chi connectivity index (χ4n) is 4.90. The second-order valence-corrected chi connectivity index (χ2v) is 11.3. The summed E-state index contributed by atoms with van der Waals surface area (Å²) in [6, 6.07) is 23.4. The highest BCUT2D eigenvalue weighted by Gasteiger charge is 2.34. The van der Waals surface area contributed by atoms with Crippen molar-refractivity contribution in [3.8, 4) is 0 Å². The van der Waals surface area contributed by atoms with E-state index in [1.54, 1.807) is 18.2 Å². The second-order valence-electron chi connectivity index (χ2n) is 9.32. The lowest BCUT2D eigenvalue weighted by molar-refractivity contribution is -0.127. The molecule has 7 heteroatoms. The Morgan fingerprint density at radius 3 is 2.37 bits per heavy atom. The lowest BCUT2D eigenvalue weighted by Gasteiger charge is -2.24. The van der Waals surface area contributed by atoms with Crippen molar-refractivity contribution in [2.75, 3.05) is 6.26 Å². The highest BCUT2D eigenvalue weighted by molar-refractivity contribution is 7.90. The summed E-state index contributed by atoms with van der Waals surface area (Å²) in [5, 5.41) is 24.5. The summed E-state index contributed by atoms with van der Waals surface area (Å²) in [4.78, 5) is 13.6. The van der Waals surface area contributed by atoms with E-state index >= 15 is 0 Å². The molecule has 0 spiro atoms. The summed E-state index contributed by atoms with van der Waals surface area (Å²) in [6.07, 6.45) is 0.699. The van der Waals surface area contributed by atoms with E-state index in [9.17, 15) is 23.4 Å². The van der Waals surface area contributed by atoms with E-state index < -0.39 is 34.0 Å². The number of nitrogens with one attached hydrogen (secondary N) is 1. The molecule has 4 atom stereocenters. The summed E-state index contributed by atoms with van der Waals surface area (Å²) in [5.41, 5.74) is 3.42. The molecule has 0 fully saturated rings. The molecule has 0 unspecified atom stereocenters. The Morgan fingerprint density at radius 2 is 1.63 bits per heavy atom. The molecule has 1 amide bonds. The number of carbonyl (C=O) groups excluding carboxylic acids is 1. The number of hydrogen-bond donors (Lipinski definition) is 3. The van der Waals surface area contributed by atoms with Gasteiger partial charge >= 0.3 is 0 Å². The number of carbonyl (C=O) groups is 1. The highest BCUT2D eigenvalue weighted by atomic mass is 32.2. The van der Waals surface area contributed by atoms with Gasteiger partial charge < -0.3 is 15.5 Å². The molecule has 6 nitrogen and oxygen atoms in total. The zero-order valence-corrected chi connectivity index (χ0v) is 20.5. The van der Waals surface area contributed by atoms with E-state index in [2.05, 4.69) is 5.32 Å². The van der Waals surface area contributed by atoms with Crippen molar-refractivity contribution >= 4 is 15.7 Å². The molecule has 1 aliphatic carbocycles. The van der Waals surface area contributed by atoms with Crippen LogP contribution in [-0.4, -0.2) is 43.0 Å². The molecule has 1 aliphatic rings. The molecule has 0 radical (unpaired) electrons. The Hall–Kier alpha value is -3.00. The first-order valence-electron chi connectivity index (χ1n) is 11.8. The molecule has 0 bridgehead atoms. The minimum Gasteiger partial charge on any atom is -0.393 e. The third-order valence-electron chi connectivity index (χ3n) is 6.58. The number of benzene rings is 3. The number of aliphatic hydroxyl groups excluding tert-OH is 2. The van der Waals surface area contributed by atoms with Crippen molar-refractivity contribution < 1.29 is 23.4 Å². The molecule has 3 N–H and O–H groups in total. The van der Waals surface area contributed by atoms with E-state index in [1.807, 2.05) is 54.6 Å². The summed E-state index contributed by atoms with van der Waals surface area (Å²) in [7, 11) is -3.44. The van der Waals surface area contributed by atoms with Crippen LogP contribution in [0.1, 0.15) is 34.7 Å². The predicted molar refractivity (Wildman–Crippen MR) is 135 cm³/mol. The van der Waals surface area contributed by atoms with E-state index in [0.29, 0.717) is 18.4 Å². The summed E-state index contributed by atoms with van der Waals surface area (Å²) in [6.45, 7) is 0. The molecular weight excluding hydrogens is 462 g/mol. The molecular formula is C28H31NO5S. The van der Waals surface area contributed by atoms with Gasteiger partial charge in [0.15, 0.2) is 9.84 Å². The maximum atomic E-state index is 13.4. The van der Waals surface area contributed by atoms with Gasteiger partial charge in [-0.25, -0.2) is 8.42 Å². The Labute approximate surface area is 206 Å². The first-order valence-corrected chi connectivity index (χ1v) is 13.7. The van der Waals surface area contributed by atoms with Gasteiger partial charge in [0, 0.05) is 18.6 Å². The Bertz CT molecular complexity index is 1280. The van der Waals surface area contributed by atoms with Crippen molar-refractivity contribution in [3.63, 3.8) is 0 Å². The van der Waals surface area contributed by atoms with Gasteiger partial charge in [-0.15, -0.1) is 0 Å². The van der Waals surface area contributed by atoms with E-state index in [4.69, 9.17) is 0 Å². The van der Waals surface area contributed by atoms with Crippen molar-refractivity contribution in [3.05, 3.63) is 101 Å². The van der Waals surface area contributed by atoms with Crippen molar-refractivity contribution in [2.24, 2.45) is 5.92 Å². The zero-order valence-electron chi connectivity index (χ0n) is 19.7. The predicted octanol–water partition coefficient (Wildman–Crippen LogP) is 3.02. The van der Waals surface area contributed by atoms with Crippen LogP contribution < -0.4 is 5.32 Å². The molecule has 3 aromatic carbocycles. The monoisotopic (exact) mass is 493 g/mol. The van der Waals surface area contributed by atoms with Gasteiger partial charge in [-0.3, -0.25) is 4.79 Å². The molecule has 35 heavy (non-hydrogen) atoms. The Kier molecular flexibility index (Phi) is 7.69. The number of amides is 1. The fourth-order valence-corrected chi connectivity index (χ4v) is 5.85. The van der Waals surface area contributed by atoms with Crippen LogP contribution in [-0.2, 0) is 33.9 Å². The first kappa shape index (κ1) is 25.1. The lowest BCUT2D eigenvalue weighted by Crippen LogP contribution is -2.39. The van der Waals surface area contributed by atoms with Gasteiger partial charge in [-0.2, -0.15) is 0 Å². The van der Waals surface area contributed by atoms with Crippen LogP contribution in [0, 0.1) is 5.92 Å². The number of sulfone groups is 1. The average molecular weight is 494 g/mol. The van der Waals surface area contributed by atoms with Gasteiger partial charge in [-0.05, 0) is 47.6 Å². The molecule has 0 aliphatic heterocycles. The number of rotatable bonds is 9. The highest BCUT2D eigenvalue weighted by Crippen LogP contribution is 2.32. The van der Waals surface area contributed by atoms with Gasteiger partial charge in [0.1, 0.15) is 0 Å². The number of aliphatic hydroxyl groups is 2. The molecule has 4 rings (SSSR count). The maximum absolute atomic E-state index is 13.4. The number of fused-ring (bicyclic) bond motifs is 1. The van der Waals surface area contributed by atoms with Crippen molar-refractivity contribution in [1.29, 1.82) is 0 Å². The minimum atomic E-state index is -3.44. The molecule has 0 saturated heterocycles. The van der Waals surface area contributed by atoms with Crippen molar-refractivity contribution in [2.45, 2.75) is 48.8 Å². The third-order valence-corrected chi connectivity index (χ3v) is 7.78. The van der Waals surface area contributed by atoms with Gasteiger partial charge in [0.2, 0.25) is 5.91 Å². The normalized spacial score (nSPS) is 19.1. The van der Waals surface area contributed by atoms with Crippen LogP contribution in [0.25, 0.3) is 0 Å². The average Bonchev–Trinajstić information content (AvgIpc) is 3.14. The largest absolute Gasteiger partial charge is 0.393 e.